The number of amides is 4. The van der Waals surface area contributed by atoms with Gasteiger partial charge in [-0.2, -0.15) is 0 Å². The molecule has 3 aliphatic rings. The molecule has 0 unspecified atom stereocenters. The number of benzene rings is 2. The van der Waals surface area contributed by atoms with Crippen LogP contribution in [0.2, 0.25) is 5.02 Å². The fourth-order valence-corrected chi connectivity index (χ4v) is 6.44. The maximum atomic E-state index is 14.5. The van der Waals surface area contributed by atoms with Crippen LogP contribution in [0.1, 0.15) is 76.5 Å². The maximum absolute atomic E-state index is 14.5. The van der Waals surface area contributed by atoms with Crippen molar-refractivity contribution in [3.8, 4) is 0 Å². The zero-order chi connectivity index (χ0) is 36.4. The van der Waals surface area contributed by atoms with Crippen molar-refractivity contribution in [2.45, 2.75) is 103 Å². The molecule has 1 aliphatic carbocycles. The first-order valence-electron chi connectivity index (χ1n) is 17.0. The van der Waals surface area contributed by atoms with Crippen LogP contribution in [0.4, 0.5) is 4.39 Å². The number of hydrogen-bond donors (Lipinski definition) is 4. The number of ketones is 1. The van der Waals surface area contributed by atoms with E-state index in [0.29, 0.717) is 28.3 Å². The van der Waals surface area contributed by atoms with E-state index in [2.05, 4.69) is 21.4 Å². The number of halogens is 2. The van der Waals surface area contributed by atoms with E-state index in [0.717, 1.165) is 18.4 Å². The lowest BCUT2D eigenvalue weighted by Gasteiger charge is -2.35. The maximum Gasteiger partial charge on any atom is 0.289 e. The molecule has 0 radical (unpaired) electrons. The van der Waals surface area contributed by atoms with E-state index in [-0.39, 0.29) is 31.8 Å². The third kappa shape index (κ3) is 8.70. The Bertz CT molecular complexity index is 1710. The van der Waals surface area contributed by atoms with Crippen LogP contribution in [0.3, 0.4) is 0 Å². The molecule has 2 aliphatic heterocycles. The Morgan fingerprint density at radius 1 is 1.10 bits per heavy atom. The summed E-state index contributed by atoms with van der Waals surface area (Å²) in [6.45, 7) is 8.79. The van der Waals surface area contributed by atoms with Gasteiger partial charge in [-0.3, -0.25) is 34.3 Å². The molecular formula is C37H45ClFN5O6. The van der Waals surface area contributed by atoms with Gasteiger partial charge < -0.3 is 20.9 Å². The number of Topliss-reactive ketones (excluding diaryl/α,β-unsaturated/α-hetero) is 1. The van der Waals surface area contributed by atoms with Crippen LogP contribution in [-0.2, 0) is 35.2 Å². The van der Waals surface area contributed by atoms with Crippen LogP contribution in [0.15, 0.2) is 48.5 Å². The van der Waals surface area contributed by atoms with E-state index in [4.69, 9.17) is 16.4 Å². The van der Waals surface area contributed by atoms with E-state index in [1.165, 1.54) is 11.0 Å². The van der Waals surface area contributed by atoms with Crippen LogP contribution in [-0.4, -0.2) is 70.6 Å². The van der Waals surface area contributed by atoms with E-state index in [9.17, 15) is 28.4 Å². The van der Waals surface area contributed by atoms with Crippen LogP contribution in [0.5, 0.6) is 0 Å². The molecule has 4 amide bonds. The Morgan fingerprint density at radius 3 is 2.48 bits per heavy atom. The summed E-state index contributed by atoms with van der Waals surface area (Å²) in [5.74, 6) is -3.57. The van der Waals surface area contributed by atoms with E-state index >= 15 is 0 Å². The summed E-state index contributed by atoms with van der Waals surface area (Å²) in [6.07, 6.45) is 4.02. The molecule has 1 saturated carbocycles. The van der Waals surface area contributed by atoms with Crippen LogP contribution in [0, 0.1) is 18.2 Å². The molecule has 4 N–H and O–H groups in total. The van der Waals surface area contributed by atoms with Gasteiger partial charge in [0, 0.05) is 23.0 Å². The molecule has 268 valence electrons. The molecule has 1 saturated heterocycles. The van der Waals surface area contributed by atoms with Gasteiger partial charge in [0.15, 0.2) is 0 Å². The van der Waals surface area contributed by atoms with E-state index < -0.39 is 64.4 Å². The van der Waals surface area contributed by atoms with Gasteiger partial charge in [-0.25, -0.2) is 4.39 Å². The lowest BCUT2D eigenvalue weighted by Crippen LogP contribution is -2.59. The Balaban J connectivity index is 1.42. The summed E-state index contributed by atoms with van der Waals surface area (Å²) in [7, 11) is 0. The second-order valence-electron chi connectivity index (χ2n) is 14.6. The summed E-state index contributed by atoms with van der Waals surface area (Å²) in [6, 6.07) is 8.33. The average Bonchev–Trinajstić information content (AvgIpc) is 3.65. The van der Waals surface area contributed by atoms with Gasteiger partial charge in [0.05, 0.1) is 24.7 Å². The number of nitrogens with zero attached hydrogens (tertiary/aromatic N) is 1. The van der Waals surface area contributed by atoms with Crippen molar-refractivity contribution < 1.29 is 33.2 Å². The Morgan fingerprint density at radius 2 is 1.84 bits per heavy atom. The molecule has 50 heavy (non-hydrogen) atoms. The van der Waals surface area contributed by atoms with Gasteiger partial charge >= 0.3 is 0 Å². The largest absolute Gasteiger partial charge is 0.347 e. The number of carbonyl (C=O) groups is 5. The van der Waals surface area contributed by atoms with Crippen molar-refractivity contribution in [3.63, 3.8) is 0 Å². The van der Waals surface area contributed by atoms with Crippen molar-refractivity contribution in [2.24, 2.45) is 5.41 Å². The first-order chi connectivity index (χ1) is 23.6. The lowest BCUT2D eigenvalue weighted by molar-refractivity contribution is -0.145. The number of nitrogens with one attached hydrogen (secondary N) is 4. The second-order valence-corrected chi connectivity index (χ2v) is 15.0. The number of hydroxylamine groups is 1. The molecule has 0 aromatic heterocycles. The van der Waals surface area contributed by atoms with E-state index in [1.54, 1.807) is 64.1 Å². The molecule has 1 spiro atoms. The highest BCUT2D eigenvalue weighted by Gasteiger charge is 2.54. The molecule has 0 bridgehead atoms. The Hall–Kier alpha value is -4.29. The first kappa shape index (κ1) is 37.0. The number of rotatable bonds is 12. The predicted octanol–water partition coefficient (Wildman–Crippen LogP) is 3.91. The van der Waals surface area contributed by atoms with Gasteiger partial charge in [-0.15, -0.1) is 0 Å². The minimum Gasteiger partial charge on any atom is -0.347 e. The molecule has 2 aromatic rings. The molecular weight excluding hydrogens is 665 g/mol. The summed E-state index contributed by atoms with van der Waals surface area (Å²) >= 11 is 6.23. The number of likely N-dealkylation sites (tertiary alicyclic amines) is 1. The first-order valence-corrected chi connectivity index (χ1v) is 17.4. The zero-order valence-electron chi connectivity index (χ0n) is 29.0. The van der Waals surface area contributed by atoms with Crippen LogP contribution >= 0.6 is 11.6 Å². The molecule has 2 aromatic carbocycles. The standard InChI is InChI=1S/C37H45ClFN5O6/c1-6-8-27(31(46)34(48)40-25-13-14-25)41-33(47)29-19-37(18-28(43-50-37)23-9-7-10-24(38)17-23)20-44(29)35(49)32(36(3,4)5)42-30(45)16-22-12-11-21(2)26(39)15-22/h7,9-12,15,17-18,25,27,29,32,43H,6,8,13-14,16,19-20H2,1-5H3,(H,40,48)(H,41,47)(H,42,45)/t27-,29-,32+,37+/m0/s1. The third-order valence-electron chi connectivity index (χ3n) is 9.21. The fraction of sp³-hybridized carbons (Fsp3) is 0.486. The van der Waals surface area contributed by atoms with Gasteiger partial charge in [0.2, 0.25) is 23.5 Å². The third-order valence-corrected chi connectivity index (χ3v) is 9.45. The summed E-state index contributed by atoms with van der Waals surface area (Å²) in [5.41, 5.74) is 3.21. The van der Waals surface area contributed by atoms with Crippen molar-refractivity contribution in [3.05, 3.63) is 76.1 Å². The highest BCUT2D eigenvalue weighted by molar-refractivity contribution is 6.38. The quantitative estimate of drug-likeness (QED) is 0.245. The van der Waals surface area contributed by atoms with Gasteiger partial charge in [-0.05, 0) is 67.0 Å². The van der Waals surface area contributed by atoms with Gasteiger partial charge in [0.25, 0.3) is 5.91 Å². The van der Waals surface area contributed by atoms with Crippen molar-refractivity contribution in [2.75, 3.05) is 6.54 Å². The number of carbonyl (C=O) groups excluding carboxylic acids is 5. The topological polar surface area (TPSA) is 146 Å². The SMILES string of the molecule is CCC[C@H](NC(=O)[C@@H]1C[C@]2(C=C(c3cccc(Cl)c3)NO2)CN1C(=O)[C@@H](NC(=O)Cc1ccc(C)c(F)c1)C(C)(C)C)C(=O)C(=O)NC1CC1. The lowest BCUT2D eigenvalue weighted by atomic mass is 9.85. The van der Waals surface area contributed by atoms with Crippen molar-refractivity contribution >= 4 is 46.7 Å². The van der Waals surface area contributed by atoms with Crippen LogP contribution in [0.25, 0.3) is 5.70 Å². The molecule has 13 heteroatoms. The highest BCUT2D eigenvalue weighted by atomic mass is 35.5. The molecule has 2 fully saturated rings. The smallest absolute Gasteiger partial charge is 0.289 e. The highest BCUT2D eigenvalue weighted by Crippen LogP contribution is 2.39. The summed E-state index contributed by atoms with van der Waals surface area (Å²) in [4.78, 5) is 75.2. The van der Waals surface area contributed by atoms with Crippen molar-refractivity contribution in [1.29, 1.82) is 0 Å². The predicted molar refractivity (Wildman–Crippen MR) is 186 cm³/mol. The molecule has 4 atom stereocenters. The minimum atomic E-state index is -1.14. The monoisotopic (exact) mass is 709 g/mol. The molecule has 5 rings (SSSR count). The summed E-state index contributed by atoms with van der Waals surface area (Å²) < 4.78 is 14.2. The number of hydrogen-bond acceptors (Lipinski definition) is 7. The van der Waals surface area contributed by atoms with Gasteiger partial charge in [-0.1, -0.05) is 70.0 Å². The summed E-state index contributed by atoms with van der Waals surface area (Å²) in [5, 5.41) is 8.80. The Kier molecular flexibility index (Phi) is 11.0. The molecule has 2 heterocycles. The molecule has 11 nitrogen and oxygen atoms in total. The Labute approximate surface area is 296 Å². The van der Waals surface area contributed by atoms with Crippen LogP contribution < -0.4 is 21.4 Å². The zero-order valence-corrected chi connectivity index (χ0v) is 29.8. The van der Waals surface area contributed by atoms with Gasteiger partial charge in [0.1, 0.15) is 23.5 Å². The minimum absolute atomic E-state index is 0.0242. The number of aryl methyl sites for hydroxylation is 1. The van der Waals surface area contributed by atoms with E-state index in [1.807, 2.05) is 13.0 Å². The fourth-order valence-electron chi connectivity index (χ4n) is 6.25. The second kappa shape index (κ2) is 14.9. The average molecular weight is 710 g/mol. The van der Waals surface area contributed by atoms with Crippen molar-refractivity contribution in [1.82, 2.24) is 26.3 Å². The normalized spacial score (nSPS) is 21.2.